The molecule has 0 aliphatic rings. The molecule has 0 nitrogen and oxygen atoms in total. The quantitative estimate of drug-likeness (QED) is 0.318. The van der Waals surface area contributed by atoms with Gasteiger partial charge < -0.3 is 0 Å². The maximum absolute atomic E-state index is 3.74. The Morgan fingerprint density at radius 1 is 0.733 bits per heavy atom. The number of unbranched alkanes of at least 4 members (excludes halogenated alkanes) is 10. The molecule has 0 aliphatic carbocycles. The topological polar surface area (TPSA) is 0 Å². The van der Waals surface area contributed by atoms with E-state index in [0.717, 1.165) is 0 Å². The van der Waals surface area contributed by atoms with E-state index in [0.29, 0.717) is 0 Å². The minimum atomic E-state index is 0. The lowest BCUT2D eigenvalue weighted by Gasteiger charge is -2.00. The average molecular weight is 277 g/mol. The van der Waals surface area contributed by atoms with Gasteiger partial charge in [-0.25, -0.2) is 0 Å². The van der Waals surface area contributed by atoms with Gasteiger partial charge in [0.15, 0.2) is 0 Å². The summed E-state index contributed by atoms with van der Waals surface area (Å²) in [5.41, 5.74) is 0. The highest BCUT2D eigenvalue weighted by Gasteiger charge is 1.91. The normalized spacial score (nSPS) is 9.67. The molecule has 0 N–H and O–H groups in total. The molecule has 0 spiro atoms. The number of halogens is 1. The van der Waals surface area contributed by atoms with E-state index in [-0.39, 0.29) is 17.0 Å². The third-order valence-electron chi connectivity index (χ3n) is 2.76. The molecule has 0 bridgehead atoms. The molecule has 0 aromatic carbocycles. The highest BCUT2D eigenvalue weighted by molar-refractivity contribution is 8.93. The number of hydrogen-bond acceptors (Lipinski definition) is 0. The van der Waals surface area contributed by atoms with Crippen molar-refractivity contribution in [3.05, 3.63) is 12.7 Å². The van der Waals surface area contributed by atoms with E-state index in [9.17, 15) is 0 Å². The maximum atomic E-state index is 3.74. The van der Waals surface area contributed by atoms with Gasteiger partial charge in [-0.2, -0.15) is 0 Å². The smallest absolute Gasteiger partial charge is 0.0353 e. The van der Waals surface area contributed by atoms with Crippen molar-refractivity contribution in [1.82, 2.24) is 0 Å². The van der Waals surface area contributed by atoms with E-state index in [2.05, 4.69) is 13.5 Å². The summed E-state index contributed by atoms with van der Waals surface area (Å²) in [7, 11) is 0. The maximum Gasteiger partial charge on any atom is -0.0353 e. The van der Waals surface area contributed by atoms with Crippen LogP contribution >= 0.6 is 17.0 Å². The van der Waals surface area contributed by atoms with Crippen molar-refractivity contribution in [3.63, 3.8) is 0 Å². The first-order valence-electron chi connectivity index (χ1n) is 6.52. The van der Waals surface area contributed by atoms with E-state index in [1.54, 1.807) is 0 Å². The second kappa shape index (κ2) is 16.6. The first kappa shape index (κ1) is 17.6. The van der Waals surface area contributed by atoms with Gasteiger partial charge in [0.1, 0.15) is 0 Å². The fourth-order valence-electron chi connectivity index (χ4n) is 1.78. The summed E-state index contributed by atoms with van der Waals surface area (Å²) >= 11 is 0. The third-order valence-corrected chi connectivity index (χ3v) is 2.76. The lowest BCUT2D eigenvalue weighted by Crippen LogP contribution is -1.81. The molecule has 0 aliphatic heterocycles. The zero-order chi connectivity index (χ0) is 10.5. The summed E-state index contributed by atoms with van der Waals surface area (Å²) < 4.78 is 0. The Bertz CT molecular complexity index is 110. The minimum Gasteiger partial charge on any atom is -0.114 e. The standard InChI is InChI=1S/C14H28.BrH/c1-3-5-7-9-11-13-14-12-10-8-6-4-2;/h3H,1,4-14H2,2H3;1H. The van der Waals surface area contributed by atoms with Crippen LogP contribution in [0.25, 0.3) is 0 Å². The average Bonchev–Trinajstić information content (AvgIpc) is 2.21. The monoisotopic (exact) mass is 276 g/mol. The Morgan fingerprint density at radius 3 is 1.53 bits per heavy atom. The van der Waals surface area contributed by atoms with Crippen LogP contribution < -0.4 is 0 Å². The Hall–Kier alpha value is 0.220. The van der Waals surface area contributed by atoms with Gasteiger partial charge in [-0.15, -0.1) is 23.6 Å². The zero-order valence-corrected chi connectivity index (χ0v) is 12.2. The van der Waals surface area contributed by atoms with Crippen LogP contribution in [-0.2, 0) is 0 Å². The molecule has 0 aromatic rings. The summed E-state index contributed by atoms with van der Waals surface area (Å²) in [4.78, 5) is 0. The van der Waals surface area contributed by atoms with E-state index >= 15 is 0 Å². The van der Waals surface area contributed by atoms with Gasteiger partial charge in [-0.3, -0.25) is 0 Å². The Kier molecular flexibility index (Phi) is 19.5. The predicted molar refractivity (Wildman–Crippen MR) is 77.0 cm³/mol. The van der Waals surface area contributed by atoms with Crippen LogP contribution in [0.3, 0.4) is 0 Å². The fourth-order valence-corrected chi connectivity index (χ4v) is 1.78. The second-order valence-corrected chi connectivity index (χ2v) is 4.26. The lowest BCUT2D eigenvalue weighted by molar-refractivity contribution is 0.558. The predicted octanol–water partition coefficient (Wildman–Crippen LogP) is 6.06. The minimum absolute atomic E-state index is 0. The molecular weight excluding hydrogens is 248 g/mol. The largest absolute Gasteiger partial charge is 0.114 e. The summed E-state index contributed by atoms with van der Waals surface area (Å²) in [5.74, 6) is 0. The van der Waals surface area contributed by atoms with E-state index in [1.165, 1.54) is 70.6 Å². The first-order chi connectivity index (χ1) is 6.91. The summed E-state index contributed by atoms with van der Waals surface area (Å²) in [6, 6.07) is 0. The van der Waals surface area contributed by atoms with Crippen molar-refractivity contribution >= 4 is 17.0 Å². The van der Waals surface area contributed by atoms with E-state index < -0.39 is 0 Å². The molecule has 0 saturated carbocycles. The highest BCUT2D eigenvalue weighted by atomic mass is 79.9. The summed E-state index contributed by atoms with van der Waals surface area (Å²) in [5, 5.41) is 0. The van der Waals surface area contributed by atoms with Crippen LogP contribution in [-0.4, -0.2) is 0 Å². The van der Waals surface area contributed by atoms with Crippen molar-refractivity contribution < 1.29 is 0 Å². The van der Waals surface area contributed by atoms with Crippen LogP contribution in [0.2, 0.25) is 0 Å². The molecular formula is C14H29Br. The second-order valence-electron chi connectivity index (χ2n) is 4.26. The van der Waals surface area contributed by atoms with Crippen LogP contribution in [0.4, 0.5) is 0 Å². The highest BCUT2D eigenvalue weighted by Crippen LogP contribution is 2.11. The molecule has 0 radical (unpaired) electrons. The Labute approximate surface area is 107 Å². The van der Waals surface area contributed by atoms with Gasteiger partial charge in [0, 0.05) is 0 Å². The van der Waals surface area contributed by atoms with Crippen molar-refractivity contribution in [1.29, 1.82) is 0 Å². The SMILES string of the molecule is Br.C=CCCCCCCCCCCCC. The summed E-state index contributed by atoms with van der Waals surface area (Å²) in [6.45, 7) is 6.01. The van der Waals surface area contributed by atoms with Crippen molar-refractivity contribution in [3.8, 4) is 0 Å². The number of rotatable bonds is 11. The third kappa shape index (κ3) is 16.9. The van der Waals surface area contributed by atoms with Gasteiger partial charge in [0.05, 0.1) is 0 Å². The molecule has 0 atom stereocenters. The molecule has 92 valence electrons. The van der Waals surface area contributed by atoms with Crippen LogP contribution in [0.15, 0.2) is 12.7 Å². The molecule has 15 heavy (non-hydrogen) atoms. The van der Waals surface area contributed by atoms with Gasteiger partial charge >= 0.3 is 0 Å². The molecule has 0 saturated heterocycles. The van der Waals surface area contributed by atoms with Gasteiger partial charge in [0.25, 0.3) is 0 Å². The van der Waals surface area contributed by atoms with Crippen LogP contribution in [0, 0.1) is 0 Å². The number of allylic oxidation sites excluding steroid dienone is 1. The zero-order valence-electron chi connectivity index (χ0n) is 10.5. The first-order valence-corrected chi connectivity index (χ1v) is 6.52. The van der Waals surface area contributed by atoms with Gasteiger partial charge in [-0.05, 0) is 12.8 Å². The Balaban J connectivity index is 0. The molecule has 0 fully saturated rings. The molecule has 1 heteroatoms. The number of hydrogen-bond donors (Lipinski definition) is 0. The molecule has 0 rings (SSSR count). The van der Waals surface area contributed by atoms with E-state index in [1.807, 2.05) is 6.08 Å². The van der Waals surface area contributed by atoms with Gasteiger partial charge in [0.2, 0.25) is 0 Å². The fraction of sp³-hybridized carbons (Fsp3) is 0.857. The molecule has 0 heterocycles. The lowest BCUT2D eigenvalue weighted by atomic mass is 10.1. The van der Waals surface area contributed by atoms with Crippen molar-refractivity contribution in [2.24, 2.45) is 0 Å². The Morgan fingerprint density at radius 2 is 1.13 bits per heavy atom. The van der Waals surface area contributed by atoms with E-state index in [4.69, 9.17) is 0 Å². The summed E-state index contributed by atoms with van der Waals surface area (Å²) in [6.07, 6.45) is 17.5. The molecule has 0 amide bonds. The van der Waals surface area contributed by atoms with Crippen LogP contribution in [0.5, 0.6) is 0 Å². The van der Waals surface area contributed by atoms with Crippen LogP contribution in [0.1, 0.15) is 77.6 Å². The molecule has 0 aromatic heterocycles. The van der Waals surface area contributed by atoms with Gasteiger partial charge in [-0.1, -0.05) is 70.8 Å². The molecule has 0 unspecified atom stereocenters. The van der Waals surface area contributed by atoms with Crippen molar-refractivity contribution in [2.75, 3.05) is 0 Å². The van der Waals surface area contributed by atoms with Crippen molar-refractivity contribution in [2.45, 2.75) is 77.6 Å².